The minimum absolute atomic E-state index is 0.321. The highest BCUT2D eigenvalue weighted by Gasteiger charge is 2.37. The van der Waals surface area contributed by atoms with E-state index < -0.39 is 6.04 Å². The first-order valence-corrected chi connectivity index (χ1v) is 12.6. The fraction of sp³-hybridized carbons (Fsp3) is 0.241. The molecule has 2 aromatic heterocycles. The highest BCUT2D eigenvalue weighted by Crippen LogP contribution is 2.44. The van der Waals surface area contributed by atoms with Crippen LogP contribution in [0.1, 0.15) is 18.5 Å². The number of rotatable bonds is 8. The van der Waals surface area contributed by atoms with Crippen molar-refractivity contribution in [1.29, 1.82) is 0 Å². The van der Waals surface area contributed by atoms with Crippen LogP contribution in [0.25, 0.3) is 11.4 Å². The Morgan fingerprint density at radius 2 is 1.70 bits per heavy atom. The zero-order chi connectivity index (χ0) is 28.4. The third kappa shape index (κ3) is 4.89. The molecule has 11 nitrogen and oxygen atoms in total. The molecule has 1 aliphatic rings. The molecule has 0 saturated heterocycles. The first-order chi connectivity index (χ1) is 19.3. The highest BCUT2D eigenvalue weighted by molar-refractivity contribution is 6.06. The number of ether oxygens (including phenoxy) is 3. The van der Waals surface area contributed by atoms with Crippen molar-refractivity contribution in [3.63, 3.8) is 0 Å². The van der Waals surface area contributed by atoms with E-state index in [9.17, 15) is 4.79 Å². The highest BCUT2D eigenvalue weighted by atomic mass is 16.5. The zero-order valence-corrected chi connectivity index (χ0v) is 23.2. The molecule has 2 aromatic carbocycles. The average molecular weight is 542 g/mol. The van der Waals surface area contributed by atoms with Crippen molar-refractivity contribution < 1.29 is 19.0 Å². The van der Waals surface area contributed by atoms with Crippen molar-refractivity contribution >= 4 is 23.2 Å². The number of anilines is 3. The van der Waals surface area contributed by atoms with Crippen molar-refractivity contribution in [2.45, 2.75) is 13.0 Å². The Kier molecular flexibility index (Phi) is 7.28. The summed E-state index contributed by atoms with van der Waals surface area (Å²) >= 11 is 0. The Balaban J connectivity index is 1.67. The summed E-state index contributed by atoms with van der Waals surface area (Å²) in [5.74, 6) is 2.17. The van der Waals surface area contributed by atoms with E-state index in [4.69, 9.17) is 24.3 Å². The molecule has 0 saturated carbocycles. The lowest BCUT2D eigenvalue weighted by molar-refractivity contribution is -0.113. The van der Waals surface area contributed by atoms with Crippen molar-refractivity contribution in [3.05, 3.63) is 77.8 Å². The zero-order valence-electron chi connectivity index (χ0n) is 23.2. The molecule has 1 aliphatic heterocycles. The van der Waals surface area contributed by atoms with E-state index in [1.165, 1.54) is 0 Å². The first-order valence-electron chi connectivity index (χ1n) is 12.6. The van der Waals surface area contributed by atoms with Gasteiger partial charge >= 0.3 is 0 Å². The minimum atomic E-state index is -0.704. The van der Waals surface area contributed by atoms with E-state index in [0.29, 0.717) is 51.5 Å². The minimum Gasteiger partial charge on any atom is -0.496 e. The number of allylic oxidation sites excluding steroid dienone is 1. The van der Waals surface area contributed by atoms with Crippen LogP contribution in [0.4, 0.5) is 17.3 Å². The van der Waals surface area contributed by atoms with Crippen LogP contribution in [0.5, 0.6) is 17.2 Å². The van der Waals surface area contributed by atoms with Crippen molar-refractivity contribution in [3.8, 4) is 28.6 Å². The molecule has 1 unspecified atom stereocenters. The maximum atomic E-state index is 13.8. The van der Waals surface area contributed by atoms with E-state index in [1.54, 1.807) is 62.7 Å². The predicted octanol–water partition coefficient (Wildman–Crippen LogP) is 4.36. The summed E-state index contributed by atoms with van der Waals surface area (Å²) in [5.41, 5.74) is 4.17. The molecule has 0 spiro atoms. The Labute approximate surface area is 232 Å². The number of hydrogen-bond acceptors (Lipinski definition) is 9. The molecule has 0 aliphatic carbocycles. The van der Waals surface area contributed by atoms with Gasteiger partial charge in [-0.25, -0.2) is 4.68 Å². The van der Waals surface area contributed by atoms with Crippen LogP contribution in [0, 0.1) is 0 Å². The molecule has 206 valence electrons. The lowest BCUT2D eigenvalue weighted by Crippen LogP contribution is -2.31. The van der Waals surface area contributed by atoms with Crippen molar-refractivity contribution in [1.82, 2.24) is 19.7 Å². The quantitative estimate of drug-likeness (QED) is 0.336. The lowest BCUT2D eigenvalue weighted by atomic mass is 9.93. The number of methoxy groups -OCH3 is 3. The summed E-state index contributed by atoms with van der Waals surface area (Å²) in [4.78, 5) is 24.7. The number of carbonyl (C=O) groups is 1. The maximum Gasteiger partial charge on any atom is 0.255 e. The molecule has 2 N–H and O–H groups in total. The number of nitrogens with zero attached hydrogens (tertiary/aromatic N) is 5. The van der Waals surface area contributed by atoms with Gasteiger partial charge in [0, 0.05) is 48.9 Å². The molecule has 11 heteroatoms. The van der Waals surface area contributed by atoms with Gasteiger partial charge in [0.15, 0.2) is 17.3 Å². The van der Waals surface area contributed by atoms with E-state index in [0.717, 1.165) is 11.3 Å². The molecule has 4 aromatic rings. The normalized spacial score (nSPS) is 14.2. The van der Waals surface area contributed by atoms with Crippen LogP contribution in [0.3, 0.4) is 0 Å². The smallest absolute Gasteiger partial charge is 0.255 e. The van der Waals surface area contributed by atoms with Crippen molar-refractivity contribution in [2.75, 3.05) is 51.0 Å². The Hall–Kier alpha value is -5.06. The Morgan fingerprint density at radius 3 is 2.33 bits per heavy atom. The van der Waals surface area contributed by atoms with Gasteiger partial charge in [-0.3, -0.25) is 9.78 Å². The molecule has 1 amide bonds. The average Bonchev–Trinajstić information content (AvgIpc) is 3.39. The molecule has 40 heavy (non-hydrogen) atoms. The van der Waals surface area contributed by atoms with Crippen LogP contribution in [0.15, 0.2) is 72.2 Å². The number of nitrogens with one attached hydrogen (secondary N) is 2. The SMILES string of the molecule is COc1cc(OC)c(C2C(C(=O)Nc3cccnc3)=C(C)Nc3nc(-c4ccc(N(C)C)cc4)nn32)cc1OC. The topological polar surface area (TPSA) is 116 Å². The van der Waals surface area contributed by atoms with Gasteiger partial charge in [-0.15, -0.1) is 5.10 Å². The molecule has 0 radical (unpaired) electrons. The van der Waals surface area contributed by atoms with Gasteiger partial charge in [-0.2, -0.15) is 4.98 Å². The standard InChI is InChI=1S/C29H31N7O4/c1-17-25(28(37)32-19-8-7-13-30-16-19)26(21-14-23(39-5)24(40-6)15-22(21)38-4)36-29(31-17)33-27(34-36)18-9-11-20(12-10-18)35(2)3/h7-16,26H,1-6H3,(H,32,37)(H,31,33,34). The van der Waals surface area contributed by atoms with Gasteiger partial charge in [-0.1, -0.05) is 0 Å². The second kappa shape index (κ2) is 11.0. The number of benzene rings is 2. The number of carbonyl (C=O) groups excluding carboxylic acids is 1. The second-order valence-electron chi connectivity index (χ2n) is 9.36. The summed E-state index contributed by atoms with van der Waals surface area (Å²) in [6.07, 6.45) is 3.24. The summed E-state index contributed by atoms with van der Waals surface area (Å²) in [5, 5.41) is 11.1. The molecule has 1 atom stereocenters. The third-order valence-electron chi connectivity index (χ3n) is 6.69. The monoisotopic (exact) mass is 541 g/mol. The number of pyridine rings is 1. The molecule has 3 heterocycles. The molecule has 5 rings (SSSR count). The molecule has 0 fully saturated rings. The van der Waals surface area contributed by atoms with Crippen LogP contribution in [-0.4, -0.2) is 61.1 Å². The fourth-order valence-corrected chi connectivity index (χ4v) is 4.67. The second-order valence-corrected chi connectivity index (χ2v) is 9.36. The predicted molar refractivity (Wildman–Crippen MR) is 153 cm³/mol. The number of aromatic nitrogens is 4. The number of amides is 1. The largest absolute Gasteiger partial charge is 0.496 e. The van der Waals surface area contributed by atoms with Gasteiger partial charge in [-0.05, 0) is 49.4 Å². The third-order valence-corrected chi connectivity index (χ3v) is 6.69. The molecular weight excluding hydrogens is 510 g/mol. The van der Waals surface area contributed by atoms with Crippen LogP contribution < -0.4 is 29.7 Å². The Morgan fingerprint density at radius 1 is 1.00 bits per heavy atom. The van der Waals surface area contributed by atoms with E-state index in [-0.39, 0.29) is 5.91 Å². The van der Waals surface area contributed by atoms with E-state index in [1.807, 2.05) is 50.2 Å². The van der Waals surface area contributed by atoms with Crippen LogP contribution >= 0.6 is 0 Å². The first kappa shape index (κ1) is 26.5. The van der Waals surface area contributed by atoms with E-state index >= 15 is 0 Å². The summed E-state index contributed by atoms with van der Waals surface area (Å²) in [7, 11) is 8.66. The summed E-state index contributed by atoms with van der Waals surface area (Å²) in [6.45, 7) is 1.84. The van der Waals surface area contributed by atoms with Gasteiger partial charge < -0.3 is 29.7 Å². The maximum absolute atomic E-state index is 13.8. The summed E-state index contributed by atoms with van der Waals surface area (Å²) in [6, 6.07) is 14.3. The molecular formula is C29H31N7O4. The molecule has 0 bridgehead atoms. The number of fused-ring (bicyclic) bond motifs is 1. The van der Waals surface area contributed by atoms with Crippen LogP contribution in [-0.2, 0) is 4.79 Å². The summed E-state index contributed by atoms with van der Waals surface area (Å²) < 4.78 is 18.6. The lowest BCUT2D eigenvalue weighted by Gasteiger charge is -2.30. The van der Waals surface area contributed by atoms with Crippen LogP contribution in [0.2, 0.25) is 0 Å². The van der Waals surface area contributed by atoms with Gasteiger partial charge in [0.05, 0.1) is 38.8 Å². The van der Waals surface area contributed by atoms with Gasteiger partial charge in [0.2, 0.25) is 5.95 Å². The fourth-order valence-electron chi connectivity index (χ4n) is 4.67. The Bertz CT molecular complexity index is 1560. The van der Waals surface area contributed by atoms with Crippen molar-refractivity contribution in [2.24, 2.45) is 0 Å². The number of hydrogen-bond donors (Lipinski definition) is 2. The van der Waals surface area contributed by atoms with Gasteiger partial charge in [0.1, 0.15) is 11.8 Å². The van der Waals surface area contributed by atoms with Gasteiger partial charge in [0.25, 0.3) is 5.91 Å². The van der Waals surface area contributed by atoms with E-state index in [2.05, 4.69) is 15.6 Å².